The van der Waals surface area contributed by atoms with E-state index in [9.17, 15) is 0 Å². The Labute approximate surface area is 125 Å². The van der Waals surface area contributed by atoms with Crippen LogP contribution in [0.25, 0.3) is 0 Å². The molecule has 0 saturated carbocycles. The van der Waals surface area contributed by atoms with Crippen molar-refractivity contribution in [3.05, 3.63) is 55.1 Å². The minimum absolute atomic E-state index is 0.213. The van der Waals surface area contributed by atoms with Crippen LogP contribution in [0.3, 0.4) is 0 Å². The molecule has 2 rings (SSSR count). The summed E-state index contributed by atoms with van der Waals surface area (Å²) in [4.78, 5) is 1.30. The Morgan fingerprint density at radius 1 is 1.33 bits per heavy atom. The zero-order chi connectivity index (χ0) is 13.1. The predicted octanol–water partition coefficient (Wildman–Crippen LogP) is 5.17. The van der Waals surface area contributed by atoms with E-state index in [0.717, 1.165) is 20.9 Å². The number of hydrogen-bond acceptors (Lipinski definition) is 2. The summed E-state index contributed by atoms with van der Waals surface area (Å²) in [6.07, 6.45) is 0. The zero-order valence-corrected chi connectivity index (χ0v) is 13.5. The van der Waals surface area contributed by atoms with Crippen LogP contribution in [-0.4, -0.2) is 6.54 Å². The fourth-order valence-electron chi connectivity index (χ4n) is 1.99. The highest BCUT2D eigenvalue weighted by Crippen LogP contribution is 2.34. The molecule has 0 spiro atoms. The van der Waals surface area contributed by atoms with Crippen molar-refractivity contribution in [1.82, 2.24) is 5.32 Å². The lowest BCUT2D eigenvalue weighted by Gasteiger charge is -2.19. The topological polar surface area (TPSA) is 12.0 Å². The first kappa shape index (κ1) is 14.1. The first-order valence-electron chi connectivity index (χ1n) is 5.87. The van der Waals surface area contributed by atoms with E-state index in [-0.39, 0.29) is 6.04 Å². The first-order chi connectivity index (χ1) is 8.63. The molecule has 0 amide bonds. The van der Waals surface area contributed by atoms with Crippen molar-refractivity contribution >= 4 is 38.9 Å². The van der Waals surface area contributed by atoms with Crippen molar-refractivity contribution < 1.29 is 0 Å². The Balaban J connectivity index is 2.44. The highest BCUT2D eigenvalue weighted by Gasteiger charge is 2.17. The third-order valence-electron chi connectivity index (χ3n) is 2.91. The molecule has 0 aliphatic carbocycles. The molecular formula is C14H15BrClNS. The van der Waals surface area contributed by atoms with Gasteiger partial charge in [0.15, 0.2) is 0 Å². The van der Waals surface area contributed by atoms with Gasteiger partial charge in [0.2, 0.25) is 0 Å². The number of benzene rings is 1. The molecule has 2 aromatic rings. The van der Waals surface area contributed by atoms with Gasteiger partial charge >= 0.3 is 0 Å². The standard InChI is InChI=1S/C14H15BrClNS/c1-3-17-14(12-7-8-13(15)18-12)10-5-4-6-11(16)9(10)2/h4-8,14,17H,3H2,1-2H3. The van der Waals surface area contributed by atoms with Gasteiger partial charge in [-0.1, -0.05) is 30.7 Å². The first-order valence-corrected chi connectivity index (χ1v) is 7.86. The summed E-state index contributed by atoms with van der Waals surface area (Å²) in [7, 11) is 0. The highest BCUT2D eigenvalue weighted by molar-refractivity contribution is 9.11. The molecule has 1 unspecified atom stereocenters. The minimum Gasteiger partial charge on any atom is -0.306 e. The summed E-state index contributed by atoms with van der Waals surface area (Å²) in [6.45, 7) is 5.12. The molecule has 18 heavy (non-hydrogen) atoms. The molecule has 0 aliphatic rings. The van der Waals surface area contributed by atoms with Crippen LogP contribution >= 0.6 is 38.9 Å². The van der Waals surface area contributed by atoms with Crippen LogP contribution in [0.5, 0.6) is 0 Å². The molecule has 1 N–H and O–H groups in total. The van der Waals surface area contributed by atoms with Gasteiger partial charge in [0.05, 0.1) is 9.83 Å². The van der Waals surface area contributed by atoms with Crippen molar-refractivity contribution in [2.24, 2.45) is 0 Å². The number of nitrogens with one attached hydrogen (secondary N) is 1. The second-order valence-electron chi connectivity index (χ2n) is 4.09. The number of halogens is 2. The van der Waals surface area contributed by atoms with Gasteiger partial charge in [-0.3, -0.25) is 0 Å². The van der Waals surface area contributed by atoms with Gasteiger partial charge in [0.25, 0.3) is 0 Å². The third kappa shape index (κ3) is 2.97. The fourth-order valence-corrected chi connectivity index (χ4v) is 3.69. The lowest BCUT2D eigenvalue weighted by Crippen LogP contribution is -2.21. The second-order valence-corrected chi connectivity index (χ2v) is 6.99. The van der Waals surface area contributed by atoms with Crippen LogP contribution in [0.4, 0.5) is 0 Å². The Morgan fingerprint density at radius 2 is 2.11 bits per heavy atom. The third-order valence-corrected chi connectivity index (χ3v) is 5.01. The molecule has 0 radical (unpaired) electrons. The molecule has 0 bridgehead atoms. The van der Waals surface area contributed by atoms with Gasteiger partial charge in [0, 0.05) is 9.90 Å². The van der Waals surface area contributed by atoms with Crippen LogP contribution in [0.1, 0.15) is 29.0 Å². The van der Waals surface area contributed by atoms with Crippen molar-refractivity contribution in [2.75, 3.05) is 6.54 Å². The summed E-state index contributed by atoms with van der Waals surface area (Å²) >= 11 is 11.5. The monoisotopic (exact) mass is 343 g/mol. The van der Waals surface area contributed by atoms with E-state index >= 15 is 0 Å². The van der Waals surface area contributed by atoms with Gasteiger partial charge in [-0.05, 0) is 58.7 Å². The van der Waals surface area contributed by atoms with Gasteiger partial charge < -0.3 is 5.32 Å². The van der Waals surface area contributed by atoms with Crippen LogP contribution in [0.2, 0.25) is 5.02 Å². The van der Waals surface area contributed by atoms with Gasteiger partial charge in [0.1, 0.15) is 0 Å². The maximum atomic E-state index is 6.22. The van der Waals surface area contributed by atoms with Gasteiger partial charge in [-0.25, -0.2) is 0 Å². The van der Waals surface area contributed by atoms with E-state index < -0.39 is 0 Å². The minimum atomic E-state index is 0.213. The lowest BCUT2D eigenvalue weighted by atomic mass is 10.00. The summed E-state index contributed by atoms with van der Waals surface area (Å²) in [5.41, 5.74) is 2.40. The van der Waals surface area contributed by atoms with Crippen LogP contribution in [-0.2, 0) is 0 Å². The molecule has 0 fully saturated rings. The molecule has 1 atom stereocenters. The van der Waals surface area contributed by atoms with E-state index in [1.807, 2.05) is 12.1 Å². The highest BCUT2D eigenvalue weighted by atomic mass is 79.9. The molecule has 1 heterocycles. The molecule has 1 aromatic carbocycles. The van der Waals surface area contributed by atoms with E-state index in [0.29, 0.717) is 0 Å². The smallest absolute Gasteiger partial charge is 0.0702 e. The molecule has 1 nitrogen and oxygen atoms in total. The quantitative estimate of drug-likeness (QED) is 0.806. The van der Waals surface area contributed by atoms with Crippen molar-refractivity contribution in [2.45, 2.75) is 19.9 Å². The lowest BCUT2D eigenvalue weighted by molar-refractivity contribution is 0.637. The molecule has 4 heteroatoms. The second kappa shape index (κ2) is 6.20. The molecular weight excluding hydrogens is 330 g/mol. The van der Waals surface area contributed by atoms with E-state index in [1.165, 1.54) is 10.4 Å². The van der Waals surface area contributed by atoms with E-state index in [2.05, 4.69) is 53.3 Å². The summed E-state index contributed by atoms with van der Waals surface area (Å²) < 4.78 is 1.15. The average Bonchev–Trinajstić information content (AvgIpc) is 2.77. The molecule has 1 aromatic heterocycles. The average molecular weight is 345 g/mol. The van der Waals surface area contributed by atoms with Gasteiger partial charge in [-0.2, -0.15) is 0 Å². The van der Waals surface area contributed by atoms with Crippen LogP contribution in [0, 0.1) is 6.92 Å². The van der Waals surface area contributed by atoms with Crippen molar-refractivity contribution in [3.8, 4) is 0 Å². The van der Waals surface area contributed by atoms with Crippen molar-refractivity contribution in [3.63, 3.8) is 0 Å². The van der Waals surface area contributed by atoms with E-state index in [1.54, 1.807) is 11.3 Å². The van der Waals surface area contributed by atoms with Crippen molar-refractivity contribution in [1.29, 1.82) is 0 Å². The Kier molecular flexibility index (Phi) is 4.84. The Bertz CT molecular complexity index is 538. The van der Waals surface area contributed by atoms with Gasteiger partial charge in [-0.15, -0.1) is 11.3 Å². The maximum Gasteiger partial charge on any atom is 0.0702 e. The fraction of sp³-hybridized carbons (Fsp3) is 0.286. The summed E-state index contributed by atoms with van der Waals surface area (Å²) in [6, 6.07) is 10.5. The van der Waals surface area contributed by atoms with Crippen LogP contribution < -0.4 is 5.32 Å². The predicted molar refractivity (Wildman–Crippen MR) is 83.7 cm³/mol. The summed E-state index contributed by atoms with van der Waals surface area (Å²) in [5, 5.41) is 4.35. The van der Waals surface area contributed by atoms with Crippen LogP contribution in [0.15, 0.2) is 34.1 Å². The molecule has 0 saturated heterocycles. The maximum absolute atomic E-state index is 6.22. The number of thiophene rings is 1. The normalized spacial score (nSPS) is 12.7. The largest absolute Gasteiger partial charge is 0.306 e. The number of hydrogen-bond donors (Lipinski definition) is 1. The molecule has 0 aliphatic heterocycles. The molecule has 96 valence electrons. The Morgan fingerprint density at radius 3 is 2.72 bits per heavy atom. The number of rotatable bonds is 4. The summed E-state index contributed by atoms with van der Waals surface area (Å²) in [5.74, 6) is 0. The zero-order valence-electron chi connectivity index (χ0n) is 10.3. The van der Waals surface area contributed by atoms with E-state index in [4.69, 9.17) is 11.6 Å². The SMILES string of the molecule is CCNC(c1ccc(Br)s1)c1cccc(Cl)c1C. The Hall–Kier alpha value is -0.350.